The molecule has 4 rings (SSSR count). The van der Waals surface area contributed by atoms with E-state index in [1.165, 1.54) is 18.3 Å². The number of nitriles is 1. The van der Waals surface area contributed by atoms with Crippen molar-refractivity contribution in [2.24, 2.45) is 7.05 Å². The van der Waals surface area contributed by atoms with Crippen molar-refractivity contribution in [2.45, 2.75) is 13.5 Å². The summed E-state index contributed by atoms with van der Waals surface area (Å²) in [5.41, 5.74) is 5.24. The number of hydrogen-bond donors (Lipinski definition) is 1. The molecule has 2 aromatic carbocycles. The van der Waals surface area contributed by atoms with Crippen LogP contribution >= 0.6 is 0 Å². The number of halogens is 1. The molecule has 4 aromatic rings. The van der Waals surface area contributed by atoms with Crippen LogP contribution in [0.2, 0.25) is 0 Å². The topological polar surface area (TPSA) is 66.5 Å². The highest BCUT2D eigenvalue weighted by Gasteiger charge is 2.14. The van der Waals surface area contributed by atoms with Crippen LogP contribution in [0.5, 0.6) is 0 Å². The Balaban J connectivity index is 1.76. The van der Waals surface area contributed by atoms with Gasteiger partial charge in [-0.15, -0.1) is 0 Å². The first-order valence-electron chi connectivity index (χ1n) is 8.87. The molecule has 138 valence electrons. The number of fused-ring (bicyclic) bond motifs is 1. The number of nitrogens with one attached hydrogen (secondary N) is 1. The minimum Gasteiger partial charge on any atom is -0.379 e. The lowest BCUT2D eigenvalue weighted by Crippen LogP contribution is -2.04. The molecule has 28 heavy (non-hydrogen) atoms. The highest BCUT2D eigenvalue weighted by molar-refractivity contribution is 5.95. The first-order valence-corrected chi connectivity index (χ1v) is 8.87. The van der Waals surface area contributed by atoms with Gasteiger partial charge < -0.3 is 5.32 Å². The Kier molecular flexibility index (Phi) is 4.50. The number of benzene rings is 2. The Morgan fingerprint density at radius 2 is 2.00 bits per heavy atom. The number of aromatic nitrogens is 3. The van der Waals surface area contributed by atoms with Crippen molar-refractivity contribution in [1.82, 2.24) is 14.8 Å². The van der Waals surface area contributed by atoms with E-state index in [1.807, 2.05) is 50.5 Å². The van der Waals surface area contributed by atoms with Crippen LogP contribution in [-0.4, -0.2) is 14.8 Å². The summed E-state index contributed by atoms with van der Waals surface area (Å²) >= 11 is 0. The summed E-state index contributed by atoms with van der Waals surface area (Å²) in [4.78, 5) is 4.33. The van der Waals surface area contributed by atoms with E-state index in [9.17, 15) is 9.65 Å². The molecule has 0 aliphatic rings. The van der Waals surface area contributed by atoms with Crippen molar-refractivity contribution < 1.29 is 4.39 Å². The van der Waals surface area contributed by atoms with E-state index < -0.39 is 0 Å². The predicted molar refractivity (Wildman–Crippen MR) is 107 cm³/mol. The van der Waals surface area contributed by atoms with Crippen LogP contribution in [0.1, 0.15) is 16.7 Å². The zero-order valence-electron chi connectivity index (χ0n) is 15.6. The first kappa shape index (κ1) is 17.7. The Morgan fingerprint density at radius 1 is 1.21 bits per heavy atom. The number of pyridine rings is 1. The third kappa shape index (κ3) is 3.19. The summed E-state index contributed by atoms with van der Waals surface area (Å²) in [5.74, 6) is -0.351. The second-order valence-corrected chi connectivity index (χ2v) is 6.67. The van der Waals surface area contributed by atoms with Gasteiger partial charge in [-0.1, -0.05) is 30.3 Å². The van der Waals surface area contributed by atoms with Crippen LogP contribution < -0.4 is 5.32 Å². The van der Waals surface area contributed by atoms with E-state index in [2.05, 4.69) is 21.5 Å². The third-order valence-electron chi connectivity index (χ3n) is 4.65. The second kappa shape index (κ2) is 7.12. The molecule has 0 amide bonds. The molecule has 0 saturated carbocycles. The fraction of sp³-hybridized carbons (Fsp3) is 0.136. The highest BCUT2D eigenvalue weighted by Crippen LogP contribution is 2.30. The van der Waals surface area contributed by atoms with Gasteiger partial charge in [0.15, 0.2) is 0 Å². The standard InChI is InChI=1S/C22H18FN5/c1-14-8-18(23)9-19-20(14)25-11-16(10-24)22(19)26-12-17-13-28(2)27-21(17)15-6-4-3-5-7-15/h3-9,11,13H,12H2,1-2H3,(H,25,26). The van der Waals surface area contributed by atoms with Gasteiger partial charge in [-0.2, -0.15) is 10.4 Å². The van der Waals surface area contributed by atoms with Crippen LogP contribution in [0.15, 0.2) is 54.9 Å². The molecule has 6 heteroatoms. The number of aryl methyl sites for hydroxylation is 2. The summed E-state index contributed by atoms with van der Waals surface area (Å²) in [5, 5.41) is 18.0. The molecular weight excluding hydrogens is 353 g/mol. The Bertz CT molecular complexity index is 1210. The molecule has 1 N–H and O–H groups in total. The summed E-state index contributed by atoms with van der Waals surface area (Å²) in [6, 6.07) is 14.9. The fourth-order valence-corrected chi connectivity index (χ4v) is 3.40. The van der Waals surface area contributed by atoms with Crippen LogP contribution in [0, 0.1) is 24.1 Å². The predicted octanol–water partition coefficient (Wildman–Crippen LogP) is 4.57. The molecule has 0 radical (unpaired) electrons. The monoisotopic (exact) mass is 371 g/mol. The molecule has 0 bridgehead atoms. The van der Waals surface area contributed by atoms with Crippen LogP contribution in [0.3, 0.4) is 0 Å². The molecule has 0 saturated heterocycles. The van der Waals surface area contributed by atoms with E-state index in [1.54, 1.807) is 4.68 Å². The molecule has 2 aromatic heterocycles. The molecule has 2 heterocycles. The van der Waals surface area contributed by atoms with E-state index >= 15 is 0 Å². The zero-order chi connectivity index (χ0) is 19.7. The minimum atomic E-state index is -0.351. The number of rotatable bonds is 4. The molecule has 0 spiro atoms. The SMILES string of the molecule is Cc1cc(F)cc2c(NCc3cn(C)nc3-c3ccccc3)c(C#N)cnc12. The van der Waals surface area contributed by atoms with Crippen LogP contribution in [-0.2, 0) is 13.6 Å². The summed E-state index contributed by atoms with van der Waals surface area (Å²) in [6.45, 7) is 2.25. The van der Waals surface area contributed by atoms with Gasteiger partial charge in [0.25, 0.3) is 0 Å². The normalized spacial score (nSPS) is 10.8. The number of hydrogen-bond acceptors (Lipinski definition) is 4. The maximum atomic E-state index is 14.0. The second-order valence-electron chi connectivity index (χ2n) is 6.67. The minimum absolute atomic E-state index is 0.351. The lowest BCUT2D eigenvalue weighted by Gasteiger charge is -2.13. The zero-order valence-corrected chi connectivity index (χ0v) is 15.6. The summed E-state index contributed by atoms with van der Waals surface area (Å²) in [6.07, 6.45) is 3.47. The van der Waals surface area contributed by atoms with Gasteiger partial charge in [0, 0.05) is 42.5 Å². The molecule has 0 atom stereocenters. The van der Waals surface area contributed by atoms with Gasteiger partial charge in [-0.25, -0.2) is 4.39 Å². The largest absolute Gasteiger partial charge is 0.379 e. The van der Waals surface area contributed by atoms with Gasteiger partial charge in [-0.05, 0) is 24.6 Å². The molecule has 0 unspecified atom stereocenters. The van der Waals surface area contributed by atoms with Gasteiger partial charge in [-0.3, -0.25) is 9.67 Å². The summed E-state index contributed by atoms with van der Waals surface area (Å²) < 4.78 is 15.8. The van der Waals surface area contributed by atoms with Crippen LogP contribution in [0.25, 0.3) is 22.2 Å². The average Bonchev–Trinajstić information content (AvgIpc) is 3.07. The van der Waals surface area contributed by atoms with E-state index in [0.717, 1.165) is 22.4 Å². The summed E-state index contributed by atoms with van der Waals surface area (Å²) in [7, 11) is 1.87. The average molecular weight is 371 g/mol. The quantitative estimate of drug-likeness (QED) is 0.571. The molecule has 0 aliphatic carbocycles. The lowest BCUT2D eigenvalue weighted by atomic mass is 10.1. The van der Waals surface area contributed by atoms with Gasteiger partial charge in [0.2, 0.25) is 0 Å². The number of nitrogens with zero attached hydrogens (tertiary/aromatic N) is 4. The molecule has 5 nitrogen and oxygen atoms in total. The Morgan fingerprint density at radius 3 is 2.75 bits per heavy atom. The van der Waals surface area contributed by atoms with Gasteiger partial charge >= 0.3 is 0 Å². The van der Waals surface area contributed by atoms with Crippen LogP contribution in [0.4, 0.5) is 10.1 Å². The maximum Gasteiger partial charge on any atom is 0.124 e. The number of anilines is 1. The fourth-order valence-electron chi connectivity index (χ4n) is 3.40. The third-order valence-corrected chi connectivity index (χ3v) is 4.65. The Labute approximate surface area is 162 Å². The van der Waals surface area contributed by atoms with Crippen molar-refractivity contribution >= 4 is 16.6 Å². The van der Waals surface area contributed by atoms with Gasteiger partial charge in [0.1, 0.15) is 11.9 Å². The maximum absolute atomic E-state index is 14.0. The molecule has 0 aliphatic heterocycles. The van der Waals surface area contributed by atoms with Crippen molar-refractivity contribution in [2.75, 3.05) is 5.32 Å². The van der Waals surface area contributed by atoms with Crippen molar-refractivity contribution in [3.8, 4) is 17.3 Å². The van der Waals surface area contributed by atoms with Gasteiger partial charge in [0.05, 0.1) is 22.5 Å². The van der Waals surface area contributed by atoms with Crippen molar-refractivity contribution in [3.63, 3.8) is 0 Å². The highest BCUT2D eigenvalue weighted by atomic mass is 19.1. The van der Waals surface area contributed by atoms with Crippen molar-refractivity contribution in [1.29, 1.82) is 5.26 Å². The van der Waals surface area contributed by atoms with E-state index in [4.69, 9.17) is 0 Å². The Hall–Kier alpha value is -3.72. The van der Waals surface area contributed by atoms with E-state index in [0.29, 0.717) is 28.7 Å². The molecular formula is C22H18FN5. The smallest absolute Gasteiger partial charge is 0.124 e. The lowest BCUT2D eigenvalue weighted by molar-refractivity contribution is 0.628. The molecule has 0 fully saturated rings. The van der Waals surface area contributed by atoms with Crippen molar-refractivity contribution in [3.05, 3.63) is 77.4 Å². The van der Waals surface area contributed by atoms with E-state index in [-0.39, 0.29) is 5.82 Å². The first-order chi connectivity index (χ1) is 13.6.